The molecule has 29 heavy (non-hydrogen) atoms. The van der Waals surface area contributed by atoms with E-state index in [-0.39, 0.29) is 29.4 Å². The summed E-state index contributed by atoms with van der Waals surface area (Å²) >= 11 is 0. The van der Waals surface area contributed by atoms with Crippen LogP contribution in [0.3, 0.4) is 0 Å². The largest absolute Gasteiger partial charge is 0.335 e. The summed E-state index contributed by atoms with van der Waals surface area (Å²) in [6.07, 6.45) is 9.00. The number of likely N-dealkylation sites (tertiary alicyclic amines) is 1. The zero-order valence-corrected chi connectivity index (χ0v) is 17.6. The first-order chi connectivity index (χ1) is 13.9. The predicted molar refractivity (Wildman–Crippen MR) is 108 cm³/mol. The predicted octanol–water partition coefficient (Wildman–Crippen LogP) is 1.81. The molecule has 0 radical (unpaired) electrons. The van der Waals surface area contributed by atoms with E-state index in [4.69, 9.17) is 5.73 Å². The molecule has 1 spiro atoms. The minimum atomic E-state index is -0.667. The number of nitrogens with two attached hydrogens (primary N) is 1. The van der Waals surface area contributed by atoms with Crippen molar-refractivity contribution in [1.29, 1.82) is 0 Å². The van der Waals surface area contributed by atoms with E-state index >= 15 is 0 Å². The maximum absolute atomic E-state index is 13.5. The van der Waals surface area contributed by atoms with Crippen molar-refractivity contribution < 1.29 is 14.0 Å². The molecule has 0 bridgehead atoms. The van der Waals surface area contributed by atoms with Crippen molar-refractivity contribution in [2.75, 3.05) is 13.6 Å². The first kappa shape index (κ1) is 19.7. The molecule has 0 aromatic carbocycles. The third kappa shape index (κ3) is 3.29. The van der Waals surface area contributed by atoms with Gasteiger partial charge in [0, 0.05) is 30.2 Å². The molecule has 5 rings (SSSR count). The molecule has 2 aliphatic carbocycles. The zero-order valence-electron chi connectivity index (χ0n) is 17.6. The Morgan fingerprint density at radius 1 is 1.10 bits per heavy atom. The number of fused-ring (bicyclic) bond motifs is 1. The third-order valence-electron chi connectivity index (χ3n) is 8.61. The van der Waals surface area contributed by atoms with Crippen molar-refractivity contribution >= 4 is 11.8 Å². The molecule has 7 heteroatoms. The van der Waals surface area contributed by atoms with Crippen LogP contribution in [0.4, 0.5) is 4.39 Å². The van der Waals surface area contributed by atoms with Gasteiger partial charge in [-0.1, -0.05) is 0 Å². The number of alkyl halides is 1. The number of hydrogen-bond donors (Lipinski definition) is 1. The van der Waals surface area contributed by atoms with Gasteiger partial charge in [-0.15, -0.1) is 0 Å². The van der Waals surface area contributed by atoms with Crippen molar-refractivity contribution in [3.63, 3.8) is 0 Å². The molecule has 3 heterocycles. The second kappa shape index (κ2) is 7.19. The first-order valence-corrected chi connectivity index (χ1v) is 11.6. The summed E-state index contributed by atoms with van der Waals surface area (Å²) < 4.78 is 13.4. The van der Waals surface area contributed by atoms with Gasteiger partial charge in [0.1, 0.15) is 12.2 Å². The highest BCUT2D eigenvalue weighted by Crippen LogP contribution is 2.50. The van der Waals surface area contributed by atoms with Gasteiger partial charge in [-0.2, -0.15) is 0 Å². The highest BCUT2D eigenvalue weighted by atomic mass is 19.1. The topological polar surface area (TPSA) is 69.9 Å². The highest BCUT2D eigenvalue weighted by Gasteiger charge is 2.56. The van der Waals surface area contributed by atoms with Gasteiger partial charge in [-0.25, -0.2) is 4.39 Å². The Kier molecular flexibility index (Phi) is 4.89. The molecular weight excluding hydrogens is 371 g/mol. The lowest BCUT2D eigenvalue weighted by molar-refractivity contribution is -0.148. The van der Waals surface area contributed by atoms with E-state index < -0.39 is 12.2 Å². The van der Waals surface area contributed by atoms with Gasteiger partial charge in [0.15, 0.2) is 0 Å². The van der Waals surface area contributed by atoms with Gasteiger partial charge in [0.2, 0.25) is 11.8 Å². The molecule has 5 fully saturated rings. The quantitative estimate of drug-likeness (QED) is 0.776. The van der Waals surface area contributed by atoms with Gasteiger partial charge in [-0.3, -0.25) is 9.59 Å². The van der Waals surface area contributed by atoms with E-state index in [1.165, 1.54) is 0 Å². The number of carbonyl (C=O) groups is 2. The fraction of sp³-hybridized carbons (Fsp3) is 0.909. The standard InChI is InChI=1S/C22H35FN4O2/c1-25(17-11-14(23)12-17)15-3-5-18(24)20(28)27-16(13-15)4-6-19(27)21(29)26-10-2-7-22(26)8-9-22/h14-19H,2-13,24H2,1H3/t14?,15-,16+,17?,18-,19-/m0/s1. The fourth-order valence-electron chi connectivity index (χ4n) is 6.46. The van der Waals surface area contributed by atoms with Crippen LogP contribution in [0, 0.1) is 0 Å². The van der Waals surface area contributed by atoms with Crippen molar-refractivity contribution in [3.8, 4) is 0 Å². The normalized spacial score (nSPS) is 41.3. The van der Waals surface area contributed by atoms with Crippen molar-refractivity contribution in [3.05, 3.63) is 0 Å². The SMILES string of the molecule is CN(C1CC(F)C1)[C@H]1CC[C@H](N)C(=O)N2[C@H](CC[C@H]2C(=O)N2CCCC23CC3)C1. The lowest BCUT2D eigenvalue weighted by atomic mass is 9.86. The summed E-state index contributed by atoms with van der Waals surface area (Å²) in [6.45, 7) is 0.839. The summed E-state index contributed by atoms with van der Waals surface area (Å²) in [5.41, 5.74) is 6.41. The molecular formula is C22H35FN4O2. The Labute approximate surface area is 172 Å². The molecule has 0 aromatic heterocycles. The maximum atomic E-state index is 13.5. The van der Waals surface area contributed by atoms with Gasteiger partial charge in [-0.05, 0) is 77.7 Å². The lowest BCUT2D eigenvalue weighted by Crippen LogP contribution is -2.58. The van der Waals surface area contributed by atoms with Crippen molar-refractivity contribution in [1.82, 2.24) is 14.7 Å². The van der Waals surface area contributed by atoms with Crippen LogP contribution in [0.15, 0.2) is 0 Å². The maximum Gasteiger partial charge on any atom is 0.245 e. The average Bonchev–Trinajstić information content (AvgIpc) is 3.14. The van der Waals surface area contributed by atoms with Crippen molar-refractivity contribution in [2.24, 2.45) is 5.73 Å². The Hall–Kier alpha value is -1.21. The van der Waals surface area contributed by atoms with E-state index in [0.717, 1.165) is 57.9 Å². The molecule has 6 nitrogen and oxygen atoms in total. The van der Waals surface area contributed by atoms with Crippen LogP contribution in [-0.4, -0.2) is 82.0 Å². The Balaban J connectivity index is 1.33. The van der Waals surface area contributed by atoms with Crippen LogP contribution in [-0.2, 0) is 9.59 Å². The Morgan fingerprint density at radius 3 is 2.55 bits per heavy atom. The van der Waals surface area contributed by atoms with Crippen LogP contribution in [0.1, 0.15) is 70.6 Å². The van der Waals surface area contributed by atoms with E-state index in [9.17, 15) is 14.0 Å². The van der Waals surface area contributed by atoms with E-state index in [1.807, 2.05) is 4.90 Å². The van der Waals surface area contributed by atoms with Gasteiger partial charge >= 0.3 is 0 Å². The van der Waals surface area contributed by atoms with Crippen LogP contribution in [0.5, 0.6) is 0 Å². The summed E-state index contributed by atoms with van der Waals surface area (Å²) in [6, 6.07) is -0.195. The molecule has 162 valence electrons. The second-order valence-corrected chi connectivity index (χ2v) is 10.3. The number of hydrogen-bond acceptors (Lipinski definition) is 4. The van der Waals surface area contributed by atoms with Crippen LogP contribution in [0.25, 0.3) is 0 Å². The Bertz CT molecular complexity index is 678. The Morgan fingerprint density at radius 2 is 1.86 bits per heavy atom. The first-order valence-electron chi connectivity index (χ1n) is 11.6. The van der Waals surface area contributed by atoms with E-state index in [1.54, 1.807) is 0 Å². The minimum absolute atomic E-state index is 0.0385. The summed E-state index contributed by atoms with van der Waals surface area (Å²) in [7, 11) is 2.10. The van der Waals surface area contributed by atoms with Crippen molar-refractivity contribution in [2.45, 2.75) is 113 Å². The molecule has 3 saturated heterocycles. The monoisotopic (exact) mass is 406 g/mol. The minimum Gasteiger partial charge on any atom is -0.335 e. The molecule has 2 N–H and O–H groups in total. The number of amides is 2. The molecule has 2 saturated carbocycles. The van der Waals surface area contributed by atoms with Gasteiger partial charge in [0.25, 0.3) is 0 Å². The highest BCUT2D eigenvalue weighted by molar-refractivity contribution is 5.91. The second-order valence-electron chi connectivity index (χ2n) is 10.3. The molecule has 0 aromatic rings. The number of carbonyl (C=O) groups excluding carboxylic acids is 2. The number of rotatable bonds is 3. The number of halogens is 1. The average molecular weight is 407 g/mol. The van der Waals surface area contributed by atoms with Crippen LogP contribution < -0.4 is 5.73 Å². The summed E-state index contributed by atoms with van der Waals surface area (Å²) in [5, 5.41) is 0. The summed E-state index contributed by atoms with van der Waals surface area (Å²) in [5.74, 6) is 0.122. The van der Waals surface area contributed by atoms with Gasteiger partial charge in [0.05, 0.1) is 6.04 Å². The summed E-state index contributed by atoms with van der Waals surface area (Å²) in [4.78, 5) is 32.9. The smallest absolute Gasteiger partial charge is 0.245 e. The molecule has 5 aliphatic rings. The molecule has 2 amide bonds. The van der Waals surface area contributed by atoms with E-state index in [2.05, 4.69) is 16.8 Å². The van der Waals surface area contributed by atoms with E-state index in [0.29, 0.717) is 31.3 Å². The third-order valence-corrected chi connectivity index (χ3v) is 8.61. The number of nitrogens with zero attached hydrogens (tertiary/aromatic N) is 3. The van der Waals surface area contributed by atoms with Crippen LogP contribution in [0.2, 0.25) is 0 Å². The zero-order chi connectivity index (χ0) is 20.3. The van der Waals surface area contributed by atoms with Gasteiger partial charge < -0.3 is 20.4 Å². The molecule has 0 unspecified atom stereocenters. The van der Waals surface area contributed by atoms with Crippen LogP contribution >= 0.6 is 0 Å². The fourth-order valence-corrected chi connectivity index (χ4v) is 6.46. The lowest BCUT2D eigenvalue weighted by Gasteiger charge is -2.45. The molecule has 4 atom stereocenters. The molecule has 3 aliphatic heterocycles.